The van der Waals surface area contributed by atoms with E-state index >= 15 is 0 Å². The first-order valence-corrected chi connectivity index (χ1v) is 6.87. The summed E-state index contributed by atoms with van der Waals surface area (Å²) in [5.74, 6) is 4.51. The van der Waals surface area contributed by atoms with Gasteiger partial charge in [0.05, 0.1) is 0 Å². The standard InChI is InChI=1S/C14H12N2O2.C3H4N2/c15-16(13(17)11-7-3-1-4-8-11)14(18)12-9-5-2-6-10-12;1-2-4-5-3-1/h1-10H,15H2;1-3H,(H,4,5). The van der Waals surface area contributed by atoms with E-state index in [-0.39, 0.29) is 0 Å². The number of aromatic nitrogens is 2. The molecule has 0 aliphatic rings. The summed E-state index contributed by atoms with van der Waals surface area (Å²) in [6.45, 7) is 0. The average Bonchev–Trinajstić information content (AvgIpc) is 3.21. The lowest BCUT2D eigenvalue weighted by atomic mass is 10.2. The number of carbonyl (C=O) groups excluding carboxylic acids is 2. The molecule has 0 aliphatic heterocycles. The van der Waals surface area contributed by atoms with E-state index in [4.69, 9.17) is 5.84 Å². The number of hydrogen-bond donors (Lipinski definition) is 2. The quantitative estimate of drug-likeness (QED) is 0.329. The number of carbonyl (C=O) groups is 2. The Kier molecular flexibility index (Phi) is 5.79. The van der Waals surface area contributed by atoms with Gasteiger partial charge in [0.15, 0.2) is 0 Å². The molecule has 6 nitrogen and oxygen atoms in total. The SMILES string of the molecule is NN(C(=O)c1ccccc1)C(=O)c1ccccc1.c1cn[nH]c1. The summed E-state index contributed by atoms with van der Waals surface area (Å²) in [6, 6.07) is 18.7. The molecule has 0 atom stereocenters. The molecule has 0 saturated carbocycles. The lowest BCUT2D eigenvalue weighted by molar-refractivity contribution is 0.0615. The number of rotatable bonds is 2. The summed E-state index contributed by atoms with van der Waals surface area (Å²) in [7, 11) is 0. The molecule has 0 radical (unpaired) electrons. The highest BCUT2D eigenvalue weighted by molar-refractivity contribution is 6.09. The summed E-state index contributed by atoms with van der Waals surface area (Å²) >= 11 is 0. The maximum atomic E-state index is 11.9. The van der Waals surface area contributed by atoms with Crippen molar-refractivity contribution in [1.82, 2.24) is 15.2 Å². The van der Waals surface area contributed by atoms with Gasteiger partial charge in [-0.15, -0.1) is 0 Å². The van der Waals surface area contributed by atoms with Crippen molar-refractivity contribution in [3.63, 3.8) is 0 Å². The molecule has 6 heteroatoms. The predicted octanol–water partition coefficient (Wildman–Crippen LogP) is 2.25. The smallest absolute Gasteiger partial charge is 0.275 e. The number of H-pyrrole nitrogens is 1. The highest BCUT2D eigenvalue weighted by atomic mass is 16.2. The van der Waals surface area contributed by atoms with Crippen LogP contribution in [0, 0.1) is 0 Å². The molecule has 2 aromatic carbocycles. The third-order valence-corrected chi connectivity index (χ3v) is 2.88. The van der Waals surface area contributed by atoms with Crippen LogP contribution in [0.25, 0.3) is 0 Å². The molecule has 0 unspecified atom stereocenters. The van der Waals surface area contributed by atoms with Crippen molar-refractivity contribution in [3.8, 4) is 0 Å². The van der Waals surface area contributed by atoms with Crippen LogP contribution in [0.5, 0.6) is 0 Å². The molecular formula is C17H16N4O2. The molecule has 1 aromatic heterocycles. The van der Waals surface area contributed by atoms with Gasteiger partial charge < -0.3 is 0 Å². The van der Waals surface area contributed by atoms with Gasteiger partial charge in [-0.25, -0.2) is 10.9 Å². The molecule has 3 N–H and O–H groups in total. The van der Waals surface area contributed by atoms with Gasteiger partial charge >= 0.3 is 0 Å². The first-order valence-electron chi connectivity index (χ1n) is 6.87. The van der Waals surface area contributed by atoms with E-state index < -0.39 is 11.8 Å². The van der Waals surface area contributed by atoms with Crippen LogP contribution in [0.4, 0.5) is 0 Å². The van der Waals surface area contributed by atoms with Crippen molar-refractivity contribution in [2.75, 3.05) is 0 Å². The monoisotopic (exact) mass is 308 g/mol. The van der Waals surface area contributed by atoms with Crippen LogP contribution in [0.15, 0.2) is 79.1 Å². The Morgan fingerprint density at radius 1 is 0.826 bits per heavy atom. The third-order valence-electron chi connectivity index (χ3n) is 2.88. The number of imide groups is 1. The second-order valence-corrected chi connectivity index (χ2v) is 4.48. The van der Waals surface area contributed by atoms with Gasteiger partial charge in [-0.2, -0.15) is 5.10 Å². The van der Waals surface area contributed by atoms with Gasteiger partial charge in [0.1, 0.15) is 0 Å². The summed E-state index contributed by atoms with van der Waals surface area (Å²) < 4.78 is 0. The number of amides is 2. The molecule has 0 fully saturated rings. The second kappa shape index (κ2) is 8.26. The molecule has 3 rings (SSSR count). The first-order chi connectivity index (χ1) is 11.2. The number of benzene rings is 2. The predicted molar refractivity (Wildman–Crippen MR) is 86.2 cm³/mol. The summed E-state index contributed by atoms with van der Waals surface area (Å²) in [5, 5.41) is 6.84. The maximum absolute atomic E-state index is 11.9. The van der Waals surface area contributed by atoms with Crippen molar-refractivity contribution in [3.05, 3.63) is 90.3 Å². The molecule has 3 aromatic rings. The Morgan fingerprint density at radius 2 is 1.30 bits per heavy atom. The van der Waals surface area contributed by atoms with E-state index in [0.29, 0.717) is 16.1 Å². The Bertz CT molecular complexity index is 659. The van der Waals surface area contributed by atoms with Crippen molar-refractivity contribution in [1.29, 1.82) is 0 Å². The van der Waals surface area contributed by atoms with Crippen molar-refractivity contribution in [2.24, 2.45) is 5.84 Å². The zero-order chi connectivity index (χ0) is 16.5. The molecule has 116 valence electrons. The van der Waals surface area contributed by atoms with E-state index in [2.05, 4.69) is 10.2 Å². The lowest BCUT2D eigenvalue weighted by Crippen LogP contribution is -2.42. The zero-order valence-electron chi connectivity index (χ0n) is 12.3. The minimum atomic E-state index is -0.524. The topological polar surface area (TPSA) is 92.1 Å². The minimum Gasteiger partial charge on any atom is -0.286 e. The Hall–Kier alpha value is -3.25. The summed E-state index contributed by atoms with van der Waals surface area (Å²) in [4.78, 5) is 23.9. The first kappa shape index (κ1) is 16.1. The Balaban J connectivity index is 0.000000326. The fraction of sp³-hybridized carbons (Fsp3) is 0. The van der Waals surface area contributed by atoms with E-state index in [1.807, 2.05) is 6.07 Å². The van der Waals surface area contributed by atoms with Crippen LogP contribution in [0.3, 0.4) is 0 Å². The summed E-state index contributed by atoms with van der Waals surface area (Å²) in [6.07, 6.45) is 3.46. The lowest BCUT2D eigenvalue weighted by Gasteiger charge is -2.14. The maximum Gasteiger partial charge on any atom is 0.275 e. The number of nitrogens with zero attached hydrogens (tertiary/aromatic N) is 2. The molecule has 23 heavy (non-hydrogen) atoms. The number of nitrogens with two attached hydrogens (primary N) is 1. The Labute approximate surface area is 133 Å². The van der Waals surface area contributed by atoms with Gasteiger partial charge in [0, 0.05) is 23.5 Å². The van der Waals surface area contributed by atoms with E-state index in [9.17, 15) is 9.59 Å². The third kappa shape index (κ3) is 4.62. The molecular weight excluding hydrogens is 292 g/mol. The highest BCUT2D eigenvalue weighted by Gasteiger charge is 2.20. The Morgan fingerprint density at radius 3 is 1.61 bits per heavy atom. The molecule has 0 saturated heterocycles. The minimum absolute atomic E-state index is 0.379. The molecule has 0 bridgehead atoms. The van der Waals surface area contributed by atoms with E-state index in [1.54, 1.807) is 73.1 Å². The van der Waals surface area contributed by atoms with Crippen LogP contribution in [0.2, 0.25) is 0 Å². The van der Waals surface area contributed by atoms with Gasteiger partial charge in [-0.05, 0) is 30.3 Å². The van der Waals surface area contributed by atoms with Gasteiger partial charge in [-0.3, -0.25) is 14.7 Å². The highest BCUT2D eigenvalue weighted by Crippen LogP contribution is 2.06. The van der Waals surface area contributed by atoms with Crippen molar-refractivity contribution in [2.45, 2.75) is 0 Å². The van der Waals surface area contributed by atoms with E-state index in [1.165, 1.54) is 0 Å². The van der Waals surface area contributed by atoms with Crippen molar-refractivity contribution >= 4 is 11.8 Å². The number of hydrogen-bond acceptors (Lipinski definition) is 4. The summed E-state index contributed by atoms with van der Waals surface area (Å²) in [5.41, 5.74) is 0.758. The van der Waals surface area contributed by atoms with Crippen LogP contribution in [0.1, 0.15) is 20.7 Å². The normalized spacial score (nSPS) is 9.43. The number of hydrazine groups is 1. The largest absolute Gasteiger partial charge is 0.286 e. The van der Waals surface area contributed by atoms with Crippen LogP contribution in [-0.4, -0.2) is 27.0 Å². The van der Waals surface area contributed by atoms with Crippen molar-refractivity contribution < 1.29 is 9.59 Å². The fourth-order valence-corrected chi connectivity index (χ4v) is 1.75. The average molecular weight is 308 g/mol. The fourth-order valence-electron chi connectivity index (χ4n) is 1.75. The zero-order valence-corrected chi connectivity index (χ0v) is 12.3. The molecule has 2 amide bonds. The van der Waals surface area contributed by atoms with Crippen LogP contribution in [-0.2, 0) is 0 Å². The number of nitrogens with one attached hydrogen (secondary N) is 1. The van der Waals surface area contributed by atoms with Crippen LogP contribution < -0.4 is 5.84 Å². The molecule has 1 heterocycles. The van der Waals surface area contributed by atoms with Gasteiger partial charge in [-0.1, -0.05) is 36.4 Å². The molecule has 0 spiro atoms. The molecule has 0 aliphatic carbocycles. The number of aromatic amines is 1. The van der Waals surface area contributed by atoms with Gasteiger partial charge in [0.2, 0.25) is 0 Å². The van der Waals surface area contributed by atoms with Gasteiger partial charge in [0.25, 0.3) is 11.8 Å². The van der Waals surface area contributed by atoms with Crippen LogP contribution >= 0.6 is 0 Å². The second-order valence-electron chi connectivity index (χ2n) is 4.48. The van der Waals surface area contributed by atoms with E-state index in [0.717, 1.165) is 0 Å².